The number of halogens is 1. The van der Waals surface area contributed by atoms with Crippen LogP contribution in [0.4, 0.5) is 5.69 Å². The Morgan fingerprint density at radius 3 is 2.52 bits per heavy atom. The van der Waals surface area contributed by atoms with Crippen LogP contribution in [-0.4, -0.2) is 46.5 Å². The first-order valence-corrected chi connectivity index (χ1v) is 11.3. The first-order valence-electron chi connectivity index (χ1n) is 9.46. The summed E-state index contributed by atoms with van der Waals surface area (Å²) in [6.45, 7) is 3.41. The zero-order chi connectivity index (χ0) is 21.2. The number of hydrogen-bond acceptors (Lipinski definition) is 4. The van der Waals surface area contributed by atoms with Crippen molar-refractivity contribution in [3.05, 3.63) is 53.1 Å². The minimum absolute atomic E-state index is 0.0219. The Morgan fingerprint density at radius 2 is 1.90 bits per heavy atom. The molecule has 0 spiro atoms. The number of rotatable bonds is 5. The molecule has 0 bridgehead atoms. The van der Waals surface area contributed by atoms with Crippen molar-refractivity contribution in [2.45, 2.75) is 24.7 Å². The van der Waals surface area contributed by atoms with Gasteiger partial charge in [-0.1, -0.05) is 18.5 Å². The van der Waals surface area contributed by atoms with E-state index in [4.69, 9.17) is 16.3 Å². The first kappa shape index (κ1) is 21.5. The number of nitrogens with zero attached hydrogens (tertiary/aromatic N) is 2. The summed E-state index contributed by atoms with van der Waals surface area (Å²) in [6.07, 6.45) is 2.02. The number of anilines is 1. The van der Waals surface area contributed by atoms with Gasteiger partial charge >= 0.3 is 0 Å². The summed E-state index contributed by atoms with van der Waals surface area (Å²) in [4.78, 5) is 14.7. The molecule has 2 aromatic rings. The van der Waals surface area contributed by atoms with E-state index >= 15 is 0 Å². The fourth-order valence-electron chi connectivity index (χ4n) is 3.46. The molecule has 29 heavy (non-hydrogen) atoms. The summed E-state index contributed by atoms with van der Waals surface area (Å²) in [5.41, 5.74) is 0.698. The molecule has 1 atom stereocenters. The van der Waals surface area contributed by atoms with Crippen LogP contribution in [0.25, 0.3) is 0 Å². The predicted molar refractivity (Wildman–Crippen MR) is 114 cm³/mol. The number of ether oxygens (including phenoxy) is 1. The van der Waals surface area contributed by atoms with Crippen molar-refractivity contribution in [2.75, 3.05) is 31.6 Å². The zero-order valence-corrected chi connectivity index (χ0v) is 18.3. The van der Waals surface area contributed by atoms with Crippen molar-refractivity contribution in [3.8, 4) is 5.75 Å². The maximum absolute atomic E-state index is 13.1. The molecule has 1 amide bonds. The molecule has 1 aliphatic heterocycles. The molecule has 1 fully saturated rings. The second-order valence-electron chi connectivity index (χ2n) is 7.31. The van der Waals surface area contributed by atoms with E-state index in [-0.39, 0.29) is 21.4 Å². The predicted octanol–water partition coefficient (Wildman–Crippen LogP) is 4.05. The summed E-state index contributed by atoms with van der Waals surface area (Å²) in [6, 6.07) is 11.0. The summed E-state index contributed by atoms with van der Waals surface area (Å²) in [7, 11) is -0.845. The number of piperidine rings is 1. The summed E-state index contributed by atoms with van der Waals surface area (Å²) >= 11 is 6.26. The third-order valence-electron chi connectivity index (χ3n) is 5.21. The van der Waals surface area contributed by atoms with Gasteiger partial charge in [-0.05, 0) is 61.2 Å². The number of amides is 1. The summed E-state index contributed by atoms with van der Waals surface area (Å²) < 4.78 is 32.5. The summed E-state index contributed by atoms with van der Waals surface area (Å²) in [5, 5.41) is 0.249. The van der Waals surface area contributed by atoms with Gasteiger partial charge in [-0.2, -0.15) is 0 Å². The maximum Gasteiger partial charge on any atom is 0.264 e. The number of benzene rings is 2. The third kappa shape index (κ3) is 4.51. The fourth-order valence-corrected chi connectivity index (χ4v) is 4.88. The van der Waals surface area contributed by atoms with Crippen LogP contribution in [0.2, 0.25) is 5.02 Å². The van der Waals surface area contributed by atoms with Gasteiger partial charge in [0, 0.05) is 20.1 Å². The molecule has 6 nitrogen and oxygen atoms in total. The van der Waals surface area contributed by atoms with Crippen molar-refractivity contribution in [1.82, 2.24) is 4.90 Å². The number of methoxy groups -OCH3 is 1. The van der Waals surface area contributed by atoms with E-state index in [1.54, 1.807) is 36.3 Å². The van der Waals surface area contributed by atoms with E-state index < -0.39 is 10.0 Å². The van der Waals surface area contributed by atoms with Crippen LogP contribution in [0.1, 0.15) is 30.1 Å². The van der Waals surface area contributed by atoms with Crippen LogP contribution < -0.4 is 9.04 Å². The number of hydrogen-bond donors (Lipinski definition) is 0. The lowest BCUT2D eigenvalue weighted by Gasteiger charge is -2.31. The van der Waals surface area contributed by atoms with E-state index in [1.807, 2.05) is 0 Å². The van der Waals surface area contributed by atoms with Gasteiger partial charge in [0.25, 0.3) is 15.9 Å². The Morgan fingerprint density at radius 1 is 1.21 bits per heavy atom. The van der Waals surface area contributed by atoms with Gasteiger partial charge in [-0.3, -0.25) is 9.10 Å². The molecule has 1 saturated heterocycles. The topological polar surface area (TPSA) is 66.9 Å². The molecule has 1 unspecified atom stereocenters. The Balaban J connectivity index is 1.91. The van der Waals surface area contributed by atoms with E-state index in [0.29, 0.717) is 30.4 Å². The molecular formula is C21H25ClN2O4S. The van der Waals surface area contributed by atoms with E-state index in [1.165, 1.54) is 29.6 Å². The van der Waals surface area contributed by atoms with E-state index in [0.717, 1.165) is 12.8 Å². The molecule has 1 aliphatic rings. The standard InChI is InChI=1S/C21H25ClN2O4S/c1-15-5-4-12-24(14-15)21(25)19-13-18(10-11-20(19)22)29(26,27)23(2)16-6-8-17(28-3)9-7-16/h6-11,13,15H,4-5,12,14H2,1-3H3. The Labute approximate surface area is 177 Å². The molecule has 156 valence electrons. The normalized spacial score (nSPS) is 17.1. The van der Waals surface area contributed by atoms with Gasteiger partial charge in [0.2, 0.25) is 0 Å². The second-order valence-corrected chi connectivity index (χ2v) is 9.69. The largest absolute Gasteiger partial charge is 0.497 e. The number of likely N-dealkylation sites (tertiary alicyclic amines) is 1. The monoisotopic (exact) mass is 436 g/mol. The SMILES string of the molecule is COc1ccc(N(C)S(=O)(=O)c2ccc(Cl)c(C(=O)N3CCCC(C)C3)c2)cc1. The van der Waals surface area contributed by atoms with Gasteiger partial charge in [-0.25, -0.2) is 8.42 Å². The molecule has 0 aliphatic carbocycles. The van der Waals surface area contributed by atoms with Crippen molar-refractivity contribution in [1.29, 1.82) is 0 Å². The quantitative estimate of drug-likeness (QED) is 0.709. The molecule has 1 heterocycles. The van der Waals surface area contributed by atoms with Gasteiger partial charge < -0.3 is 9.64 Å². The molecule has 2 aromatic carbocycles. The minimum Gasteiger partial charge on any atom is -0.497 e. The van der Waals surface area contributed by atoms with Crippen LogP contribution in [0.3, 0.4) is 0 Å². The maximum atomic E-state index is 13.1. The van der Waals surface area contributed by atoms with Crippen LogP contribution in [0.5, 0.6) is 5.75 Å². The number of carbonyl (C=O) groups excluding carboxylic acids is 1. The summed E-state index contributed by atoms with van der Waals surface area (Å²) in [5.74, 6) is 0.819. The first-order chi connectivity index (χ1) is 13.7. The lowest BCUT2D eigenvalue weighted by molar-refractivity contribution is 0.0683. The second kappa shape index (κ2) is 8.63. The van der Waals surface area contributed by atoms with E-state index in [2.05, 4.69) is 6.92 Å². The number of carbonyl (C=O) groups is 1. The third-order valence-corrected chi connectivity index (χ3v) is 7.32. The highest BCUT2D eigenvalue weighted by molar-refractivity contribution is 7.92. The van der Waals surface area contributed by atoms with Crippen LogP contribution in [-0.2, 0) is 10.0 Å². The lowest BCUT2D eigenvalue weighted by atomic mass is 9.99. The molecule has 0 saturated carbocycles. The highest BCUT2D eigenvalue weighted by Gasteiger charge is 2.27. The molecule has 0 N–H and O–H groups in total. The lowest BCUT2D eigenvalue weighted by Crippen LogP contribution is -2.39. The smallest absolute Gasteiger partial charge is 0.264 e. The van der Waals surface area contributed by atoms with Crippen LogP contribution in [0.15, 0.2) is 47.4 Å². The van der Waals surface area contributed by atoms with Crippen LogP contribution in [0, 0.1) is 5.92 Å². The van der Waals surface area contributed by atoms with Crippen molar-refractivity contribution >= 4 is 33.2 Å². The van der Waals surface area contributed by atoms with Crippen molar-refractivity contribution < 1.29 is 17.9 Å². The molecular weight excluding hydrogens is 412 g/mol. The highest BCUT2D eigenvalue weighted by atomic mass is 35.5. The van der Waals surface area contributed by atoms with E-state index in [9.17, 15) is 13.2 Å². The van der Waals surface area contributed by atoms with Gasteiger partial charge in [-0.15, -0.1) is 0 Å². The Bertz CT molecular complexity index is 992. The highest BCUT2D eigenvalue weighted by Crippen LogP contribution is 2.28. The van der Waals surface area contributed by atoms with Crippen molar-refractivity contribution in [3.63, 3.8) is 0 Å². The van der Waals surface area contributed by atoms with Gasteiger partial charge in [0.1, 0.15) is 5.75 Å². The average Bonchev–Trinajstić information content (AvgIpc) is 2.73. The van der Waals surface area contributed by atoms with Crippen LogP contribution >= 0.6 is 11.6 Å². The molecule has 0 radical (unpaired) electrons. The van der Waals surface area contributed by atoms with Crippen molar-refractivity contribution in [2.24, 2.45) is 5.92 Å². The average molecular weight is 437 g/mol. The molecule has 8 heteroatoms. The van der Waals surface area contributed by atoms with Gasteiger partial charge in [0.05, 0.1) is 28.3 Å². The Kier molecular flexibility index (Phi) is 6.39. The molecule has 0 aromatic heterocycles. The van der Waals surface area contributed by atoms with Gasteiger partial charge in [0.15, 0.2) is 0 Å². The number of sulfonamides is 1. The molecule has 3 rings (SSSR count). The fraction of sp³-hybridized carbons (Fsp3) is 0.381. The Hall–Kier alpha value is -2.25. The zero-order valence-electron chi connectivity index (χ0n) is 16.8. The minimum atomic E-state index is -3.86.